The van der Waals surface area contributed by atoms with Crippen LogP contribution in [-0.4, -0.2) is 31.7 Å². The van der Waals surface area contributed by atoms with E-state index < -0.39 is 0 Å². The van der Waals surface area contributed by atoms with Crippen molar-refractivity contribution in [3.63, 3.8) is 0 Å². The Balaban J connectivity index is 1.42. The van der Waals surface area contributed by atoms with Crippen LogP contribution in [0.5, 0.6) is 0 Å². The Hall–Kier alpha value is -2.62. The third-order valence-corrected chi connectivity index (χ3v) is 5.72. The molecule has 9 heteroatoms. The first-order chi connectivity index (χ1) is 13.6. The van der Waals surface area contributed by atoms with Gasteiger partial charge in [-0.05, 0) is 39.3 Å². The predicted octanol–water partition coefficient (Wildman–Crippen LogP) is 2.58. The van der Waals surface area contributed by atoms with E-state index in [9.17, 15) is 4.79 Å². The zero-order valence-electron chi connectivity index (χ0n) is 16.1. The maximum absolute atomic E-state index is 12.7. The molecule has 2 atom stereocenters. The molecule has 3 N–H and O–H groups in total. The summed E-state index contributed by atoms with van der Waals surface area (Å²) >= 11 is 1.40. The zero-order valence-corrected chi connectivity index (χ0v) is 16.9. The SMILES string of the molecule is CCn1nc(C)c(C2CC(C(=O)Nc3nc(-c4ccccn4)cs3)NN2)c1C. The molecule has 1 aliphatic heterocycles. The number of carbonyl (C=O) groups is 1. The summed E-state index contributed by atoms with van der Waals surface area (Å²) in [5, 5.41) is 9.95. The number of aryl methyl sites for hydroxylation is 2. The number of pyridine rings is 1. The van der Waals surface area contributed by atoms with Crippen LogP contribution in [0.3, 0.4) is 0 Å². The highest BCUT2D eigenvalue weighted by molar-refractivity contribution is 7.14. The van der Waals surface area contributed by atoms with Crippen molar-refractivity contribution in [3.05, 3.63) is 46.7 Å². The number of hydrazine groups is 1. The third-order valence-electron chi connectivity index (χ3n) is 4.97. The number of hydrogen-bond acceptors (Lipinski definition) is 7. The minimum absolute atomic E-state index is 0.0522. The highest BCUT2D eigenvalue weighted by Gasteiger charge is 2.33. The summed E-state index contributed by atoms with van der Waals surface area (Å²) in [6.07, 6.45) is 2.38. The highest BCUT2D eigenvalue weighted by atomic mass is 32.1. The molecule has 4 heterocycles. The molecule has 1 saturated heterocycles. The van der Waals surface area contributed by atoms with Gasteiger partial charge in [0, 0.05) is 29.4 Å². The van der Waals surface area contributed by atoms with Gasteiger partial charge in [0.15, 0.2) is 5.13 Å². The lowest BCUT2D eigenvalue weighted by molar-refractivity contribution is -0.117. The van der Waals surface area contributed by atoms with Gasteiger partial charge in [-0.1, -0.05) is 6.07 Å². The van der Waals surface area contributed by atoms with Crippen LogP contribution in [0, 0.1) is 13.8 Å². The maximum atomic E-state index is 12.7. The molecule has 0 saturated carbocycles. The Morgan fingerprint density at radius 2 is 2.18 bits per heavy atom. The van der Waals surface area contributed by atoms with Gasteiger partial charge in [-0.25, -0.2) is 15.8 Å². The van der Waals surface area contributed by atoms with Gasteiger partial charge in [0.1, 0.15) is 11.7 Å². The maximum Gasteiger partial charge on any atom is 0.244 e. The average Bonchev–Trinajstić information content (AvgIpc) is 3.42. The van der Waals surface area contributed by atoms with Crippen molar-refractivity contribution in [1.29, 1.82) is 0 Å². The Morgan fingerprint density at radius 3 is 2.89 bits per heavy atom. The second-order valence-corrected chi connectivity index (χ2v) is 7.63. The molecule has 146 valence electrons. The van der Waals surface area contributed by atoms with Crippen LogP contribution in [0.4, 0.5) is 5.13 Å². The summed E-state index contributed by atoms with van der Waals surface area (Å²) in [6.45, 7) is 6.99. The van der Waals surface area contributed by atoms with Crippen molar-refractivity contribution in [2.75, 3.05) is 5.32 Å². The van der Waals surface area contributed by atoms with Crippen LogP contribution < -0.4 is 16.2 Å². The molecule has 3 aromatic rings. The standard InChI is InChI=1S/C19H23N7OS/c1-4-26-12(3)17(11(2)25-26)14-9-15(24-23-14)18(27)22-19-21-16(10-28-19)13-7-5-6-8-20-13/h5-8,10,14-15,23-24H,4,9H2,1-3H3,(H,21,22,27). The molecule has 0 bridgehead atoms. The van der Waals surface area contributed by atoms with E-state index in [0.29, 0.717) is 11.6 Å². The van der Waals surface area contributed by atoms with Gasteiger partial charge in [-0.3, -0.25) is 14.5 Å². The Labute approximate surface area is 167 Å². The molecule has 1 aliphatic rings. The second kappa shape index (κ2) is 7.78. The number of amides is 1. The van der Waals surface area contributed by atoms with Gasteiger partial charge < -0.3 is 5.32 Å². The number of anilines is 1. The van der Waals surface area contributed by atoms with Crippen LogP contribution in [0.15, 0.2) is 29.8 Å². The molecule has 1 amide bonds. The number of nitrogens with zero attached hydrogens (tertiary/aromatic N) is 4. The van der Waals surface area contributed by atoms with Crippen molar-refractivity contribution in [2.24, 2.45) is 0 Å². The Bertz CT molecular complexity index is 982. The third kappa shape index (κ3) is 3.56. The van der Waals surface area contributed by atoms with E-state index in [1.54, 1.807) is 6.20 Å². The number of rotatable bonds is 5. The topological polar surface area (TPSA) is 96.8 Å². The lowest BCUT2D eigenvalue weighted by atomic mass is 10.00. The molecule has 0 aliphatic carbocycles. The number of aromatic nitrogens is 4. The van der Waals surface area contributed by atoms with Crippen molar-refractivity contribution in [2.45, 2.75) is 45.8 Å². The van der Waals surface area contributed by atoms with Crippen LogP contribution in [0.2, 0.25) is 0 Å². The van der Waals surface area contributed by atoms with E-state index in [2.05, 4.69) is 45.1 Å². The summed E-state index contributed by atoms with van der Waals surface area (Å²) in [6, 6.07) is 5.39. The first-order valence-corrected chi connectivity index (χ1v) is 10.2. The molecule has 8 nitrogen and oxygen atoms in total. The fourth-order valence-corrected chi connectivity index (χ4v) is 4.30. The van der Waals surface area contributed by atoms with E-state index in [4.69, 9.17) is 0 Å². The number of nitrogens with one attached hydrogen (secondary N) is 3. The minimum atomic E-state index is -0.337. The summed E-state index contributed by atoms with van der Waals surface area (Å²) in [5.41, 5.74) is 11.2. The zero-order chi connectivity index (χ0) is 19.7. The van der Waals surface area contributed by atoms with E-state index >= 15 is 0 Å². The summed E-state index contributed by atoms with van der Waals surface area (Å²) < 4.78 is 1.99. The summed E-state index contributed by atoms with van der Waals surface area (Å²) in [7, 11) is 0. The number of carbonyl (C=O) groups excluding carboxylic acids is 1. The fourth-order valence-electron chi connectivity index (χ4n) is 3.60. The molecule has 28 heavy (non-hydrogen) atoms. The quantitative estimate of drug-likeness (QED) is 0.612. The Kier molecular flexibility index (Phi) is 5.21. The van der Waals surface area contributed by atoms with Crippen LogP contribution in [0.1, 0.15) is 36.3 Å². The van der Waals surface area contributed by atoms with Gasteiger partial charge in [-0.2, -0.15) is 5.10 Å². The monoisotopic (exact) mass is 397 g/mol. The summed E-state index contributed by atoms with van der Waals surface area (Å²) in [4.78, 5) is 21.4. The molecule has 2 unspecified atom stereocenters. The normalized spacial score (nSPS) is 19.1. The molecular weight excluding hydrogens is 374 g/mol. The van der Waals surface area contributed by atoms with E-state index in [1.807, 2.05) is 35.2 Å². The molecule has 0 spiro atoms. The Morgan fingerprint density at radius 1 is 1.32 bits per heavy atom. The van der Waals surface area contributed by atoms with Gasteiger partial charge in [0.25, 0.3) is 0 Å². The minimum Gasteiger partial charge on any atom is -0.301 e. The molecule has 0 aromatic carbocycles. The number of hydrogen-bond donors (Lipinski definition) is 3. The smallest absolute Gasteiger partial charge is 0.244 e. The fraction of sp³-hybridized carbons (Fsp3) is 0.368. The molecule has 3 aromatic heterocycles. The first-order valence-electron chi connectivity index (χ1n) is 9.29. The molecule has 1 fully saturated rings. The van der Waals surface area contributed by atoms with E-state index in [-0.39, 0.29) is 18.0 Å². The van der Waals surface area contributed by atoms with Crippen molar-refractivity contribution < 1.29 is 4.79 Å². The predicted molar refractivity (Wildman–Crippen MR) is 109 cm³/mol. The van der Waals surface area contributed by atoms with Gasteiger partial charge in [-0.15, -0.1) is 11.3 Å². The molecule has 4 rings (SSSR count). The second-order valence-electron chi connectivity index (χ2n) is 6.77. The van der Waals surface area contributed by atoms with Crippen molar-refractivity contribution in [1.82, 2.24) is 30.6 Å². The van der Waals surface area contributed by atoms with E-state index in [0.717, 1.165) is 34.9 Å². The van der Waals surface area contributed by atoms with Crippen LogP contribution >= 0.6 is 11.3 Å². The van der Waals surface area contributed by atoms with Crippen molar-refractivity contribution in [3.8, 4) is 11.4 Å². The number of thiazole rings is 1. The van der Waals surface area contributed by atoms with E-state index in [1.165, 1.54) is 11.3 Å². The first kappa shape index (κ1) is 18.7. The van der Waals surface area contributed by atoms with Gasteiger partial charge >= 0.3 is 0 Å². The lowest BCUT2D eigenvalue weighted by Gasteiger charge is -2.10. The van der Waals surface area contributed by atoms with Gasteiger partial charge in [0.2, 0.25) is 5.91 Å². The van der Waals surface area contributed by atoms with Crippen LogP contribution in [0.25, 0.3) is 11.4 Å². The lowest BCUT2D eigenvalue weighted by Crippen LogP contribution is -2.39. The van der Waals surface area contributed by atoms with Crippen LogP contribution in [-0.2, 0) is 11.3 Å². The molecular formula is C19H23N7OS. The average molecular weight is 398 g/mol. The van der Waals surface area contributed by atoms with Crippen molar-refractivity contribution >= 4 is 22.4 Å². The molecule has 0 radical (unpaired) electrons. The largest absolute Gasteiger partial charge is 0.301 e. The van der Waals surface area contributed by atoms with Gasteiger partial charge in [0.05, 0.1) is 17.4 Å². The highest BCUT2D eigenvalue weighted by Crippen LogP contribution is 2.29. The summed E-state index contributed by atoms with van der Waals surface area (Å²) in [5.74, 6) is -0.102.